The Labute approximate surface area is 171 Å². The molecule has 2 saturated carbocycles. The lowest BCUT2D eigenvalue weighted by atomic mass is 9.83. The molecule has 5 nitrogen and oxygen atoms in total. The van der Waals surface area contributed by atoms with Crippen molar-refractivity contribution in [3.05, 3.63) is 36.4 Å². The molecule has 5 rings (SSSR count). The minimum atomic E-state index is -0.521. The van der Waals surface area contributed by atoms with E-state index >= 15 is 0 Å². The van der Waals surface area contributed by atoms with Gasteiger partial charge < -0.3 is 15.0 Å². The standard InChI is InChI=1S/C24H28N2O3/c1-2-29-20-10-9-19(17-7-3-4-8-18(17)20)25-21(27)23(11-12-23)24(13-14-24)22(28)26-15-5-6-16-26/h3-4,7-10H,2,5-6,11-16H2,1H3,(H,25,27). The minimum absolute atomic E-state index is 0.0110. The van der Waals surface area contributed by atoms with Crippen molar-refractivity contribution >= 4 is 28.3 Å². The number of hydrogen-bond acceptors (Lipinski definition) is 3. The highest BCUT2D eigenvalue weighted by Gasteiger charge is 2.73. The van der Waals surface area contributed by atoms with E-state index in [9.17, 15) is 9.59 Å². The maximum Gasteiger partial charge on any atom is 0.231 e. The second-order valence-corrected chi connectivity index (χ2v) is 8.71. The van der Waals surface area contributed by atoms with Gasteiger partial charge in [0.1, 0.15) is 5.75 Å². The summed E-state index contributed by atoms with van der Waals surface area (Å²) in [6.45, 7) is 4.26. The Hall–Kier alpha value is -2.56. The molecular formula is C24H28N2O3. The van der Waals surface area contributed by atoms with Crippen molar-refractivity contribution < 1.29 is 14.3 Å². The van der Waals surface area contributed by atoms with Gasteiger partial charge in [-0.1, -0.05) is 24.3 Å². The summed E-state index contributed by atoms with van der Waals surface area (Å²) in [5.74, 6) is 1.06. The Morgan fingerprint density at radius 3 is 2.24 bits per heavy atom. The number of nitrogens with one attached hydrogen (secondary N) is 1. The molecule has 2 aliphatic carbocycles. The Kier molecular flexibility index (Phi) is 4.30. The molecule has 1 saturated heterocycles. The van der Waals surface area contributed by atoms with E-state index in [1.165, 1.54) is 0 Å². The monoisotopic (exact) mass is 392 g/mol. The largest absolute Gasteiger partial charge is 0.493 e. The maximum absolute atomic E-state index is 13.4. The highest BCUT2D eigenvalue weighted by atomic mass is 16.5. The number of carbonyl (C=O) groups is 2. The third kappa shape index (κ3) is 2.82. The zero-order valence-corrected chi connectivity index (χ0v) is 17.0. The van der Waals surface area contributed by atoms with Gasteiger partial charge in [-0.2, -0.15) is 0 Å². The highest BCUT2D eigenvalue weighted by molar-refractivity contribution is 6.09. The molecule has 3 aliphatic rings. The molecule has 29 heavy (non-hydrogen) atoms. The molecule has 1 heterocycles. The van der Waals surface area contributed by atoms with Crippen LogP contribution in [0.15, 0.2) is 36.4 Å². The highest BCUT2D eigenvalue weighted by Crippen LogP contribution is 2.71. The van der Waals surface area contributed by atoms with Crippen LogP contribution in [-0.2, 0) is 9.59 Å². The lowest BCUT2D eigenvalue weighted by molar-refractivity contribution is -0.143. The lowest BCUT2D eigenvalue weighted by Crippen LogP contribution is -2.44. The molecule has 0 atom stereocenters. The van der Waals surface area contributed by atoms with E-state index in [4.69, 9.17) is 4.74 Å². The molecule has 5 heteroatoms. The number of hydrogen-bond donors (Lipinski definition) is 1. The topological polar surface area (TPSA) is 58.6 Å². The van der Waals surface area contributed by atoms with Gasteiger partial charge in [-0.15, -0.1) is 0 Å². The first-order valence-electron chi connectivity index (χ1n) is 10.9. The van der Waals surface area contributed by atoms with Crippen LogP contribution in [0, 0.1) is 10.8 Å². The Bertz CT molecular complexity index is 969. The Morgan fingerprint density at radius 2 is 1.62 bits per heavy atom. The summed E-state index contributed by atoms with van der Waals surface area (Å²) in [7, 11) is 0. The number of benzene rings is 2. The lowest BCUT2D eigenvalue weighted by Gasteiger charge is -2.29. The van der Waals surface area contributed by atoms with Crippen LogP contribution in [-0.4, -0.2) is 36.4 Å². The molecule has 0 unspecified atom stereocenters. The summed E-state index contributed by atoms with van der Waals surface area (Å²) >= 11 is 0. The van der Waals surface area contributed by atoms with Crippen LogP contribution in [0.4, 0.5) is 5.69 Å². The normalized spacial score (nSPS) is 21.1. The van der Waals surface area contributed by atoms with Crippen molar-refractivity contribution in [3.63, 3.8) is 0 Å². The van der Waals surface area contributed by atoms with E-state index in [1.54, 1.807) is 0 Å². The van der Waals surface area contributed by atoms with Crippen LogP contribution in [0.2, 0.25) is 0 Å². The Morgan fingerprint density at radius 1 is 0.966 bits per heavy atom. The van der Waals surface area contributed by atoms with E-state index in [1.807, 2.05) is 48.2 Å². The van der Waals surface area contributed by atoms with Gasteiger partial charge in [-0.25, -0.2) is 0 Å². The van der Waals surface area contributed by atoms with Gasteiger partial charge in [-0.3, -0.25) is 9.59 Å². The first kappa shape index (κ1) is 18.5. The smallest absolute Gasteiger partial charge is 0.231 e. The summed E-state index contributed by atoms with van der Waals surface area (Å²) in [5, 5.41) is 5.15. The fourth-order valence-corrected chi connectivity index (χ4v) is 5.20. The molecule has 0 spiro atoms. The van der Waals surface area contributed by atoms with Crippen LogP contribution in [0.5, 0.6) is 5.75 Å². The fraction of sp³-hybridized carbons (Fsp3) is 0.500. The summed E-state index contributed by atoms with van der Waals surface area (Å²) in [6.07, 6.45) is 5.48. The second kappa shape index (κ2) is 6.75. The number of rotatable bonds is 6. The van der Waals surface area contributed by atoms with E-state index in [0.717, 1.165) is 73.8 Å². The van der Waals surface area contributed by atoms with Crippen LogP contribution < -0.4 is 10.1 Å². The van der Waals surface area contributed by atoms with Crippen molar-refractivity contribution in [3.8, 4) is 5.75 Å². The van der Waals surface area contributed by atoms with Crippen molar-refractivity contribution in [1.82, 2.24) is 4.90 Å². The van der Waals surface area contributed by atoms with E-state index < -0.39 is 10.8 Å². The minimum Gasteiger partial charge on any atom is -0.493 e. The van der Waals surface area contributed by atoms with Crippen LogP contribution in [0.3, 0.4) is 0 Å². The first-order valence-corrected chi connectivity index (χ1v) is 10.9. The Balaban J connectivity index is 1.42. The summed E-state index contributed by atoms with van der Waals surface area (Å²) < 4.78 is 5.75. The summed E-state index contributed by atoms with van der Waals surface area (Å²) in [5.41, 5.74) is -0.181. The van der Waals surface area contributed by atoms with Crippen molar-refractivity contribution in [2.24, 2.45) is 10.8 Å². The van der Waals surface area contributed by atoms with Gasteiger partial charge in [0.2, 0.25) is 11.8 Å². The van der Waals surface area contributed by atoms with Crippen LogP contribution in [0.25, 0.3) is 10.8 Å². The molecule has 3 fully saturated rings. The van der Waals surface area contributed by atoms with Crippen molar-refractivity contribution in [2.75, 3.05) is 25.0 Å². The predicted molar refractivity (Wildman–Crippen MR) is 113 cm³/mol. The quantitative estimate of drug-likeness (QED) is 0.795. The van der Waals surface area contributed by atoms with E-state index in [-0.39, 0.29) is 11.8 Å². The molecule has 1 N–H and O–H groups in total. The number of amides is 2. The zero-order chi connectivity index (χ0) is 20.1. The zero-order valence-electron chi connectivity index (χ0n) is 17.0. The molecule has 0 aromatic heterocycles. The van der Waals surface area contributed by atoms with Crippen LogP contribution >= 0.6 is 0 Å². The molecule has 1 aliphatic heterocycles. The molecule has 0 bridgehead atoms. The average Bonchev–Trinajstić information content (AvgIpc) is 3.66. The number of carbonyl (C=O) groups excluding carboxylic acids is 2. The summed E-state index contributed by atoms with van der Waals surface area (Å²) in [4.78, 5) is 28.7. The van der Waals surface area contributed by atoms with Crippen molar-refractivity contribution in [2.45, 2.75) is 45.4 Å². The van der Waals surface area contributed by atoms with Crippen LogP contribution in [0.1, 0.15) is 45.4 Å². The summed E-state index contributed by atoms with van der Waals surface area (Å²) in [6, 6.07) is 11.8. The molecule has 2 aromatic carbocycles. The van der Waals surface area contributed by atoms with Gasteiger partial charge in [0.25, 0.3) is 0 Å². The molecule has 2 aromatic rings. The van der Waals surface area contributed by atoms with Gasteiger partial charge in [0.05, 0.1) is 17.4 Å². The van der Waals surface area contributed by atoms with E-state index in [0.29, 0.717) is 6.61 Å². The number of fused-ring (bicyclic) bond motifs is 1. The first-order chi connectivity index (χ1) is 14.1. The average molecular weight is 392 g/mol. The SMILES string of the molecule is CCOc1ccc(NC(=O)C2(C3(C(=O)N4CCCC4)CC3)CC2)c2ccccc12. The fourth-order valence-electron chi connectivity index (χ4n) is 5.20. The van der Waals surface area contributed by atoms with Gasteiger partial charge in [-0.05, 0) is 57.6 Å². The van der Waals surface area contributed by atoms with Gasteiger partial charge in [0, 0.05) is 29.5 Å². The number of likely N-dealkylation sites (tertiary alicyclic amines) is 1. The van der Waals surface area contributed by atoms with Gasteiger partial charge in [0.15, 0.2) is 0 Å². The second-order valence-electron chi connectivity index (χ2n) is 8.71. The van der Waals surface area contributed by atoms with Gasteiger partial charge >= 0.3 is 0 Å². The predicted octanol–water partition coefficient (Wildman–Crippen LogP) is 4.36. The molecular weight excluding hydrogens is 364 g/mol. The number of nitrogens with zero attached hydrogens (tertiary/aromatic N) is 1. The van der Waals surface area contributed by atoms with E-state index in [2.05, 4.69) is 5.32 Å². The maximum atomic E-state index is 13.4. The third-order valence-electron chi connectivity index (χ3n) is 7.09. The number of anilines is 1. The van der Waals surface area contributed by atoms with Crippen molar-refractivity contribution in [1.29, 1.82) is 0 Å². The molecule has 2 amide bonds. The molecule has 0 radical (unpaired) electrons. The third-order valence-corrected chi connectivity index (χ3v) is 7.09. The number of ether oxygens (including phenoxy) is 1. The molecule has 152 valence electrons.